The number of benzene rings is 1. The van der Waals surface area contributed by atoms with Gasteiger partial charge in [0, 0.05) is 38.9 Å². The van der Waals surface area contributed by atoms with E-state index >= 15 is 0 Å². The molecule has 1 aromatic carbocycles. The quantitative estimate of drug-likeness (QED) is 0.541. The molecule has 1 aliphatic heterocycles. The molecule has 0 saturated carbocycles. The molecule has 2 heterocycles. The van der Waals surface area contributed by atoms with Gasteiger partial charge in [-0.25, -0.2) is 9.37 Å². The molecule has 0 bridgehead atoms. The highest BCUT2D eigenvalue weighted by molar-refractivity contribution is 5.80. The summed E-state index contributed by atoms with van der Waals surface area (Å²) in [6, 6.07) is 12.3. The summed E-state index contributed by atoms with van der Waals surface area (Å²) >= 11 is 0. The third-order valence-corrected chi connectivity index (χ3v) is 5.65. The predicted molar refractivity (Wildman–Crippen MR) is 122 cm³/mol. The molecule has 3 rings (SSSR count). The van der Waals surface area contributed by atoms with Crippen LogP contribution >= 0.6 is 0 Å². The van der Waals surface area contributed by atoms with Crippen LogP contribution in [0.2, 0.25) is 0 Å². The molecule has 2 aromatic rings. The molecule has 1 saturated heterocycles. The summed E-state index contributed by atoms with van der Waals surface area (Å²) in [7, 11) is 5.96. The van der Waals surface area contributed by atoms with Gasteiger partial charge in [0.2, 0.25) is 0 Å². The fourth-order valence-corrected chi connectivity index (χ4v) is 3.84. The van der Waals surface area contributed by atoms with Gasteiger partial charge < -0.3 is 20.4 Å². The predicted octanol–water partition coefficient (Wildman–Crippen LogP) is 2.83. The maximum Gasteiger partial charge on any atom is 0.191 e. The van der Waals surface area contributed by atoms with Gasteiger partial charge in [-0.1, -0.05) is 31.2 Å². The Kier molecular flexibility index (Phi) is 7.63. The smallest absolute Gasteiger partial charge is 0.191 e. The fraction of sp³-hybridized carbons (Fsp3) is 0.478. The van der Waals surface area contributed by atoms with E-state index < -0.39 is 0 Å². The van der Waals surface area contributed by atoms with Crippen molar-refractivity contribution in [3.8, 4) is 0 Å². The Labute approximate surface area is 179 Å². The monoisotopic (exact) mass is 412 g/mol. The zero-order chi connectivity index (χ0) is 21.5. The number of likely N-dealkylation sites (N-methyl/N-ethyl adjacent to an activating group) is 1. The molecule has 30 heavy (non-hydrogen) atoms. The molecule has 1 aromatic heterocycles. The van der Waals surface area contributed by atoms with Crippen LogP contribution in [0.15, 0.2) is 47.6 Å². The van der Waals surface area contributed by atoms with Crippen molar-refractivity contribution >= 4 is 11.8 Å². The van der Waals surface area contributed by atoms with Crippen molar-refractivity contribution in [3.05, 3.63) is 59.5 Å². The first-order chi connectivity index (χ1) is 14.5. The fourth-order valence-electron chi connectivity index (χ4n) is 3.84. The molecule has 1 fully saturated rings. The summed E-state index contributed by atoms with van der Waals surface area (Å²) in [4.78, 5) is 12.8. The highest BCUT2D eigenvalue weighted by atomic mass is 19.1. The average molecular weight is 413 g/mol. The molecule has 2 unspecified atom stereocenters. The molecule has 6 nitrogen and oxygen atoms in total. The Morgan fingerprint density at radius 1 is 1.30 bits per heavy atom. The summed E-state index contributed by atoms with van der Waals surface area (Å²) in [5.74, 6) is 0.914. The lowest BCUT2D eigenvalue weighted by molar-refractivity contribution is 0.298. The Hall–Kier alpha value is -2.67. The molecular formula is C23H33FN6. The lowest BCUT2D eigenvalue weighted by Crippen LogP contribution is -2.46. The summed E-state index contributed by atoms with van der Waals surface area (Å²) in [6.45, 7) is 4.38. The largest absolute Gasteiger partial charge is 0.354 e. The number of guanidine groups is 1. The van der Waals surface area contributed by atoms with Crippen LogP contribution in [0.3, 0.4) is 0 Å². The second kappa shape index (κ2) is 10.4. The first-order valence-corrected chi connectivity index (χ1v) is 10.6. The van der Waals surface area contributed by atoms with E-state index in [2.05, 4.69) is 70.8 Å². The minimum Gasteiger partial charge on any atom is -0.354 e. The summed E-state index contributed by atoms with van der Waals surface area (Å²) < 4.78 is 14.0. The number of anilines is 1. The molecule has 162 valence electrons. The van der Waals surface area contributed by atoms with Crippen LogP contribution in [0.4, 0.5) is 10.2 Å². The highest BCUT2D eigenvalue weighted by Gasteiger charge is 2.26. The van der Waals surface area contributed by atoms with Crippen LogP contribution in [-0.2, 0) is 6.42 Å². The van der Waals surface area contributed by atoms with E-state index in [4.69, 9.17) is 0 Å². The van der Waals surface area contributed by atoms with Gasteiger partial charge in [-0.05, 0) is 50.2 Å². The zero-order valence-electron chi connectivity index (χ0n) is 18.4. The number of aromatic nitrogens is 1. The van der Waals surface area contributed by atoms with Gasteiger partial charge in [0.15, 0.2) is 17.6 Å². The van der Waals surface area contributed by atoms with Crippen molar-refractivity contribution in [1.29, 1.82) is 0 Å². The average Bonchev–Trinajstić information content (AvgIpc) is 3.21. The topological polar surface area (TPSA) is 55.8 Å². The van der Waals surface area contributed by atoms with E-state index in [-0.39, 0.29) is 17.9 Å². The van der Waals surface area contributed by atoms with Gasteiger partial charge in [-0.15, -0.1) is 0 Å². The van der Waals surface area contributed by atoms with Gasteiger partial charge in [0.05, 0.1) is 6.04 Å². The molecule has 0 spiro atoms. The number of nitrogens with one attached hydrogen (secondary N) is 2. The Morgan fingerprint density at radius 3 is 2.70 bits per heavy atom. The number of aliphatic imine (C=N–C) groups is 1. The normalized spacial score (nSPS) is 18.0. The number of pyridine rings is 1. The maximum atomic E-state index is 14.0. The number of nitrogens with zero attached hydrogens (tertiary/aromatic N) is 4. The Morgan fingerprint density at radius 2 is 2.07 bits per heavy atom. The standard InChI is InChI=1S/C23H33FN6/c1-5-17-8-10-18(11-9-17)21(29(3)4)15-27-23(25-2)28-19-12-14-30(16-19)22-20(24)7-6-13-26-22/h6-11,13,19,21H,5,12,14-16H2,1-4H3,(H2,25,27,28). The van der Waals surface area contributed by atoms with Gasteiger partial charge in [0.1, 0.15) is 0 Å². The van der Waals surface area contributed by atoms with E-state index in [1.165, 1.54) is 17.2 Å². The molecule has 2 atom stereocenters. The number of hydrogen-bond donors (Lipinski definition) is 2. The molecule has 0 amide bonds. The Bertz CT molecular complexity index is 836. The van der Waals surface area contributed by atoms with Gasteiger partial charge in [-0.2, -0.15) is 0 Å². The SMILES string of the molecule is CCc1ccc(C(CNC(=NC)NC2CCN(c3ncccc3F)C2)N(C)C)cc1. The second-order valence-electron chi connectivity index (χ2n) is 7.91. The van der Waals surface area contributed by atoms with Crippen molar-refractivity contribution in [1.82, 2.24) is 20.5 Å². The van der Waals surface area contributed by atoms with Crippen LogP contribution in [-0.4, -0.2) is 62.7 Å². The van der Waals surface area contributed by atoms with E-state index in [1.54, 1.807) is 19.3 Å². The number of hydrogen-bond acceptors (Lipinski definition) is 4. The van der Waals surface area contributed by atoms with Crippen LogP contribution in [0, 0.1) is 5.82 Å². The molecule has 0 aliphatic carbocycles. The summed E-state index contributed by atoms with van der Waals surface area (Å²) in [5.41, 5.74) is 2.62. The third kappa shape index (κ3) is 5.48. The van der Waals surface area contributed by atoms with Crippen LogP contribution < -0.4 is 15.5 Å². The molecular weight excluding hydrogens is 379 g/mol. The second-order valence-corrected chi connectivity index (χ2v) is 7.91. The maximum absolute atomic E-state index is 14.0. The van der Waals surface area contributed by atoms with Gasteiger partial charge >= 0.3 is 0 Å². The van der Waals surface area contributed by atoms with E-state index in [9.17, 15) is 4.39 Å². The first kappa shape index (κ1) is 22.0. The van der Waals surface area contributed by atoms with E-state index in [1.807, 2.05) is 4.90 Å². The van der Waals surface area contributed by atoms with Gasteiger partial charge in [0.25, 0.3) is 0 Å². The third-order valence-electron chi connectivity index (χ3n) is 5.65. The molecule has 2 N–H and O–H groups in total. The van der Waals surface area contributed by atoms with Crippen LogP contribution in [0.5, 0.6) is 0 Å². The van der Waals surface area contributed by atoms with Crippen molar-refractivity contribution < 1.29 is 4.39 Å². The number of rotatable bonds is 7. The summed E-state index contributed by atoms with van der Waals surface area (Å²) in [6.07, 6.45) is 3.59. The minimum atomic E-state index is -0.274. The molecule has 1 aliphatic rings. The minimum absolute atomic E-state index is 0.194. The van der Waals surface area contributed by atoms with Crippen molar-refractivity contribution in [2.45, 2.75) is 31.8 Å². The molecule has 0 radical (unpaired) electrons. The van der Waals surface area contributed by atoms with Crippen LogP contribution in [0.1, 0.15) is 30.5 Å². The number of aryl methyl sites for hydroxylation is 1. The van der Waals surface area contributed by atoms with Gasteiger partial charge in [-0.3, -0.25) is 4.99 Å². The van der Waals surface area contributed by atoms with Crippen molar-refractivity contribution in [3.63, 3.8) is 0 Å². The van der Waals surface area contributed by atoms with Crippen molar-refractivity contribution in [2.75, 3.05) is 45.7 Å². The zero-order valence-corrected chi connectivity index (χ0v) is 18.4. The van der Waals surface area contributed by atoms with E-state index in [0.717, 1.165) is 31.9 Å². The lowest BCUT2D eigenvalue weighted by Gasteiger charge is -2.27. The number of halogens is 1. The van der Waals surface area contributed by atoms with Crippen LogP contribution in [0.25, 0.3) is 0 Å². The lowest BCUT2D eigenvalue weighted by atomic mass is 10.0. The van der Waals surface area contributed by atoms with E-state index in [0.29, 0.717) is 12.4 Å². The highest BCUT2D eigenvalue weighted by Crippen LogP contribution is 2.21. The summed E-state index contributed by atoms with van der Waals surface area (Å²) in [5, 5.41) is 6.94. The Balaban J connectivity index is 1.56. The molecule has 7 heteroatoms. The first-order valence-electron chi connectivity index (χ1n) is 10.6. The van der Waals surface area contributed by atoms with Crippen molar-refractivity contribution in [2.24, 2.45) is 4.99 Å².